The molecule has 0 spiro atoms. The number of halogens is 2. The number of carbonyl (C=O) groups is 1. The van der Waals surface area contributed by atoms with E-state index in [1.807, 2.05) is 31.2 Å². The molecule has 0 heterocycles. The minimum absolute atomic E-state index is 0.0223. The van der Waals surface area contributed by atoms with Gasteiger partial charge in [0.05, 0.1) is 16.3 Å². The smallest absolute Gasteiger partial charge is 0.264 e. The van der Waals surface area contributed by atoms with E-state index in [2.05, 4.69) is 26.5 Å². The van der Waals surface area contributed by atoms with Gasteiger partial charge in [0.1, 0.15) is 12.4 Å². The predicted molar refractivity (Wildman–Crippen MR) is 127 cm³/mol. The van der Waals surface area contributed by atoms with E-state index in [0.29, 0.717) is 5.71 Å². The molecule has 32 heavy (non-hydrogen) atoms. The minimum Gasteiger partial charge on any atom is -0.271 e. The maximum absolute atomic E-state index is 13.4. The van der Waals surface area contributed by atoms with Crippen molar-refractivity contribution < 1.29 is 17.6 Å². The molecule has 1 N–H and O–H groups in total. The predicted octanol–water partition coefficient (Wildman–Crippen LogP) is 4.63. The number of hydrogen-bond acceptors (Lipinski definition) is 4. The van der Waals surface area contributed by atoms with Gasteiger partial charge in [-0.3, -0.25) is 9.10 Å². The fourth-order valence-electron chi connectivity index (χ4n) is 2.85. The van der Waals surface area contributed by atoms with Crippen molar-refractivity contribution in [3.8, 4) is 0 Å². The van der Waals surface area contributed by atoms with Crippen LogP contribution < -0.4 is 9.73 Å². The zero-order chi connectivity index (χ0) is 23.3. The Bertz CT molecular complexity index is 1240. The van der Waals surface area contributed by atoms with Crippen LogP contribution in [0.3, 0.4) is 0 Å². The van der Waals surface area contributed by atoms with Crippen LogP contribution >= 0.6 is 15.9 Å². The van der Waals surface area contributed by atoms with Crippen LogP contribution in [0.25, 0.3) is 0 Å². The number of aryl methyl sites for hydroxylation is 1. The van der Waals surface area contributed by atoms with E-state index in [-0.39, 0.29) is 10.6 Å². The van der Waals surface area contributed by atoms with Gasteiger partial charge in [-0.2, -0.15) is 5.10 Å². The third-order valence-electron chi connectivity index (χ3n) is 4.60. The van der Waals surface area contributed by atoms with Crippen LogP contribution in [0.5, 0.6) is 0 Å². The third-order valence-corrected chi connectivity index (χ3v) is 6.88. The Balaban J connectivity index is 1.87. The van der Waals surface area contributed by atoms with Crippen molar-refractivity contribution in [3.05, 3.63) is 94.2 Å². The average Bonchev–Trinajstić information content (AvgIpc) is 2.77. The van der Waals surface area contributed by atoms with Crippen molar-refractivity contribution in [2.24, 2.45) is 5.10 Å². The molecule has 1 amide bonds. The lowest BCUT2D eigenvalue weighted by atomic mass is 10.1. The molecule has 0 atom stereocenters. The van der Waals surface area contributed by atoms with Gasteiger partial charge in [-0.1, -0.05) is 45.8 Å². The quantitative estimate of drug-likeness (QED) is 0.366. The summed E-state index contributed by atoms with van der Waals surface area (Å²) in [6.45, 7) is 3.03. The first-order chi connectivity index (χ1) is 15.2. The molecule has 3 aromatic carbocycles. The Morgan fingerprint density at radius 2 is 1.72 bits per heavy atom. The van der Waals surface area contributed by atoms with Crippen molar-refractivity contribution >= 4 is 43.3 Å². The highest BCUT2D eigenvalue weighted by Crippen LogP contribution is 2.24. The van der Waals surface area contributed by atoms with Gasteiger partial charge in [-0.15, -0.1) is 0 Å². The number of hydrogen-bond donors (Lipinski definition) is 1. The molecule has 9 heteroatoms. The third kappa shape index (κ3) is 5.80. The van der Waals surface area contributed by atoms with E-state index in [4.69, 9.17) is 0 Å². The fourth-order valence-corrected chi connectivity index (χ4v) is 4.67. The minimum atomic E-state index is -4.08. The van der Waals surface area contributed by atoms with Crippen molar-refractivity contribution in [1.29, 1.82) is 0 Å². The fraction of sp³-hybridized carbons (Fsp3) is 0.130. The SMILES string of the molecule is C/C(=N/NC(=O)CN(c1ccc(F)cc1)S(=O)(=O)c1ccc(C)cc1)c1cccc(Br)c1. The molecule has 0 fully saturated rings. The second-order valence-electron chi connectivity index (χ2n) is 7.04. The van der Waals surface area contributed by atoms with Crippen LogP contribution in [0, 0.1) is 12.7 Å². The van der Waals surface area contributed by atoms with Gasteiger partial charge in [-0.25, -0.2) is 18.2 Å². The second-order valence-corrected chi connectivity index (χ2v) is 9.82. The maximum Gasteiger partial charge on any atom is 0.264 e. The van der Waals surface area contributed by atoms with Crippen molar-refractivity contribution in [2.75, 3.05) is 10.8 Å². The van der Waals surface area contributed by atoms with Gasteiger partial charge in [0.2, 0.25) is 0 Å². The molecule has 0 saturated carbocycles. The molecule has 0 aliphatic rings. The summed E-state index contributed by atoms with van der Waals surface area (Å²) < 4.78 is 41.7. The van der Waals surface area contributed by atoms with Crippen LogP contribution in [-0.4, -0.2) is 26.6 Å². The summed E-state index contributed by atoms with van der Waals surface area (Å²) >= 11 is 3.38. The summed E-state index contributed by atoms with van der Waals surface area (Å²) in [5, 5.41) is 4.08. The number of nitrogens with zero attached hydrogens (tertiary/aromatic N) is 2. The lowest BCUT2D eigenvalue weighted by molar-refractivity contribution is -0.119. The van der Waals surface area contributed by atoms with Gasteiger partial charge >= 0.3 is 0 Å². The first-order valence-corrected chi connectivity index (χ1v) is 11.8. The Hall–Kier alpha value is -3.04. The molecule has 3 aromatic rings. The van der Waals surface area contributed by atoms with Gasteiger partial charge in [0.25, 0.3) is 15.9 Å². The molecular formula is C23H21BrFN3O3S. The number of sulfonamides is 1. The van der Waals surface area contributed by atoms with E-state index < -0.39 is 28.3 Å². The van der Waals surface area contributed by atoms with Gasteiger partial charge < -0.3 is 0 Å². The Kier molecular flexibility index (Phi) is 7.42. The topological polar surface area (TPSA) is 78.8 Å². The summed E-state index contributed by atoms with van der Waals surface area (Å²) in [5.74, 6) is -1.15. The van der Waals surface area contributed by atoms with Gasteiger partial charge in [0, 0.05) is 4.47 Å². The summed E-state index contributed by atoms with van der Waals surface area (Å²) in [6.07, 6.45) is 0. The van der Waals surface area contributed by atoms with Crippen LogP contribution in [0.4, 0.5) is 10.1 Å². The molecule has 0 aliphatic heterocycles. The molecule has 0 unspecified atom stereocenters. The van der Waals surface area contributed by atoms with Crippen LogP contribution in [0.15, 0.2) is 87.3 Å². The number of anilines is 1. The zero-order valence-corrected chi connectivity index (χ0v) is 19.8. The number of nitrogens with one attached hydrogen (secondary N) is 1. The Labute approximate surface area is 195 Å². The van der Waals surface area contributed by atoms with E-state index in [1.54, 1.807) is 19.1 Å². The molecule has 3 rings (SSSR count). The standard InChI is InChI=1S/C23H21BrFN3O3S/c1-16-6-12-22(13-7-16)32(30,31)28(21-10-8-20(25)9-11-21)15-23(29)27-26-17(2)18-4-3-5-19(24)14-18/h3-14H,15H2,1-2H3,(H,27,29)/b26-17-. The average molecular weight is 518 g/mol. The highest BCUT2D eigenvalue weighted by molar-refractivity contribution is 9.10. The van der Waals surface area contributed by atoms with E-state index in [9.17, 15) is 17.6 Å². The van der Waals surface area contributed by atoms with Crippen LogP contribution in [-0.2, 0) is 14.8 Å². The lowest BCUT2D eigenvalue weighted by Crippen LogP contribution is -2.39. The number of rotatable bonds is 7. The molecule has 0 radical (unpaired) electrons. The van der Waals surface area contributed by atoms with Crippen LogP contribution in [0.1, 0.15) is 18.1 Å². The second kappa shape index (κ2) is 10.1. The lowest BCUT2D eigenvalue weighted by Gasteiger charge is -2.23. The van der Waals surface area contributed by atoms with Crippen molar-refractivity contribution in [3.63, 3.8) is 0 Å². The van der Waals surface area contributed by atoms with E-state index >= 15 is 0 Å². The summed E-state index contributed by atoms with van der Waals surface area (Å²) in [5.41, 5.74) is 4.80. The largest absolute Gasteiger partial charge is 0.271 e. The number of carbonyl (C=O) groups excluding carboxylic acids is 1. The van der Waals surface area contributed by atoms with Gasteiger partial charge in [0.15, 0.2) is 0 Å². The molecule has 0 aliphatic carbocycles. The molecule has 0 aromatic heterocycles. The van der Waals surface area contributed by atoms with Gasteiger partial charge in [-0.05, 0) is 67.9 Å². The van der Waals surface area contributed by atoms with Crippen molar-refractivity contribution in [2.45, 2.75) is 18.7 Å². The number of amides is 1. The summed E-state index contributed by atoms with van der Waals surface area (Å²) in [6, 6.07) is 18.6. The molecule has 0 bridgehead atoms. The Morgan fingerprint density at radius 1 is 1.06 bits per heavy atom. The highest BCUT2D eigenvalue weighted by Gasteiger charge is 2.27. The molecule has 6 nitrogen and oxygen atoms in total. The first kappa shape index (κ1) is 23.6. The molecule has 166 valence electrons. The van der Waals surface area contributed by atoms with E-state index in [0.717, 1.165) is 32.0 Å². The molecular weight excluding hydrogens is 497 g/mol. The number of benzene rings is 3. The molecule has 0 saturated heterocycles. The maximum atomic E-state index is 13.4. The van der Waals surface area contributed by atoms with E-state index in [1.165, 1.54) is 24.3 Å². The van der Waals surface area contributed by atoms with Crippen molar-refractivity contribution in [1.82, 2.24) is 5.43 Å². The Morgan fingerprint density at radius 3 is 2.34 bits per heavy atom. The first-order valence-electron chi connectivity index (χ1n) is 9.61. The highest BCUT2D eigenvalue weighted by atomic mass is 79.9. The number of hydrazone groups is 1. The normalized spacial score (nSPS) is 11.8. The monoisotopic (exact) mass is 517 g/mol. The van der Waals surface area contributed by atoms with Crippen LogP contribution in [0.2, 0.25) is 0 Å². The summed E-state index contributed by atoms with van der Waals surface area (Å²) in [7, 11) is -4.08. The zero-order valence-electron chi connectivity index (χ0n) is 17.4. The summed E-state index contributed by atoms with van der Waals surface area (Å²) in [4.78, 5) is 12.6.